The van der Waals surface area contributed by atoms with E-state index in [0.717, 1.165) is 43.1 Å². The average Bonchev–Trinajstić information content (AvgIpc) is 3.27. The summed E-state index contributed by atoms with van der Waals surface area (Å²) in [5.74, 6) is 0.00814. The van der Waals surface area contributed by atoms with E-state index in [1.165, 1.54) is 0 Å². The summed E-state index contributed by atoms with van der Waals surface area (Å²) in [5, 5.41) is 4.72. The Morgan fingerprint density at radius 3 is 2.58 bits per heavy atom. The molecule has 5 heterocycles. The van der Waals surface area contributed by atoms with Crippen LogP contribution >= 0.6 is 11.6 Å². The third-order valence-electron chi connectivity index (χ3n) is 7.00. The maximum Gasteiger partial charge on any atom is 0.259 e. The molecule has 0 radical (unpaired) electrons. The van der Waals surface area contributed by atoms with E-state index in [9.17, 15) is 9.59 Å². The van der Waals surface area contributed by atoms with E-state index in [1.54, 1.807) is 40.3 Å². The number of nitrogens with zero attached hydrogens (tertiary/aromatic N) is 6. The molecule has 33 heavy (non-hydrogen) atoms. The first-order valence-electron chi connectivity index (χ1n) is 10.9. The van der Waals surface area contributed by atoms with Crippen LogP contribution in [0.15, 0.2) is 49.1 Å². The summed E-state index contributed by atoms with van der Waals surface area (Å²) in [6, 6.07) is 7.33. The number of fused-ring (bicyclic) bond motifs is 1. The van der Waals surface area contributed by atoms with Crippen LogP contribution in [0.4, 0.5) is 11.4 Å². The predicted octanol–water partition coefficient (Wildman–Crippen LogP) is 3.15. The summed E-state index contributed by atoms with van der Waals surface area (Å²) in [5.41, 5.74) is 4.16. The quantitative estimate of drug-likeness (QED) is 0.597. The number of aromatic nitrogens is 3. The molecule has 3 aliphatic rings. The summed E-state index contributed by atoms with van der Waals surface area (Å²) < 4.78 is 1.65. The minimum absolute atomic E-state index is 0.0308. The van der Waals surface area contributed by atoms with E-state index in [0.29, 0.717) is 16.1 Å². The van der Waals surface area contributed by atoms with Crippen molar-refractivity contribution in [3.05, 3.63) is 70.8 Å². The van der Waals surface area contributed by atoms with Gasteiger partial charge in [-0.15, -0.1) is 0 Å². The third kappa shape index (κ3) is 3.12. The molecule has 8 nitrogen and oxygen atoms in total. The number of aryl methyl sites for hydroxylation is 1. The van der Waals surface area contributed by atoms with Gasteiger partial charge in [0.15, 0.2) is 0 Å². The molecular weight excluding hydrogens is 440 g/mol. The Labute approximate surface area is 196 Å². The average molecular weight is 463 g/mol. The summed E-state index contributed by atoms with van der Waals surface area (Å²) in [6.45, 7) is 5.25. The van der Waals surface area contributed by atoms with E-state index in [-0.39, 0.29) is 23.3 Å². The van der Waals surface area contributed by atoms with Gasteiger partial charge >= 0.3 is 0 Å². The smallest absolute Gasteiger partial charge is 0.259 e. The van der Waals surface area contributed by atoms with Crippen LogP contribution < -0.4 is 9.80 Å². The maximum absolute atomic E-state index is 13.1. The molecule has 168 valence electrons. The van der Waals surface area contributed by atoms with Gasteiger partial charge in [-0.05, 0) is 36.8 Å². The van der Waals surface area contributed by atoms with Crippen molar-refractivity contribution < 1.29 is 9.59 Å². The van der Waals surface area contributed by atoms with Gasteiger partial charge < -0.3 is 9.80 Å². The molecular formula is C24H23ClN6O2. The van der Waals surface area contributed by atoms with Crippen molar-refractivity contribution in [2.45, 2.75) is 13.0 Å². The van der Waals surface area contributed by atoms with Gasteiger partial charge in [0.1, 0.15) is 0 Å². The van der Waals surface area contributed by atoms with Crippen LogP contribution in [0.2, 0.25) is 5.02 Å². The monoisotopic (exact) mass is 462 g/mol. The molecule has 6 rings (SSSR count). The number of pyridine rings is 1. The van der Waals surface area contributed by atoms with Gasteiger partial charge in [0.2, 0.25) is 0 Å². The van der Waals surface area contributed by atoms with Gasteiger partial charge in [-0.1, -0.05) is 11.6 Å². The molecule has 2 aromatic heterocycles. The van der Waals surface area contributed by atoms with Crippen molar-refractivity contribution in [2.75, 3.05) is 36.0 Å². The van der Waals surface area contributed by atoms with Crippen LogP contribution in [-0.2, 0) is 7.05 Å². The zero-order chi connectivity index (χ0) is 22.9. The van der Waals surface area contributed by atoms with Crippen LogP contribution in [0.1, 0.15) is 39.2 Å². The number of anilines is 2. The lowest BCUT2D eigenvalue weighted by atomic mass is 9.72. The molecule has 0 saturated carbocycles. The fourth-order valence-electron chi connectivity index (χ4n) is 5.35. The van der Waals surface area contributed by atoms with Gasteiger partial charge in [-0.25, -0.2) is 0 Å². The number of amides is 2. The molecule has 1 spiro atoms. The Kier molecular flexibility index (Phi) is 4.32. The Bertz CT molecular complexity index is 1290. The number of hydrogen-bond donors (Lipinski definition) is 0. The highest BCUT2D eigenvalue weighted by Crippen LogP contribution is 2.44. The largest absolute Gasteiger partial charge is 0.369 e. The normalized spacial score (nSPS) is 20.6. The van der Waals surface area contributed by atoms with Crippen molar-refractivity contribution >= 4 is 34.8 Å². The van der Waals surface area contributed by atoms with Crippen molar-refractivity contribution in [1.82, 2.24) is 19.7 Å². The lowest BCUT2D eigenvalue weighted by molar-refractivity contribution is -0.0105. The lowest BCUT2D eigenvalue weighted by Gasteiger charge is -2.60. The number of hydrogen-bond acceptors (Lipinski definition) is 5. The van der Waals surface area contributed by atoms with Crippen molar-refractivity contribution in [3.63, 3.8) is 0 Å². The Morgan fingerprint density at radius 2 is 1.85 bits per heavy atom. The molecule has 3 aliphatic heterocycles. The zero-order valence-corrected chi connectivity index (χ0v) is 19.2. The van der Waals surface area contributed by atoms with Crippen LogP contribution in [0.25, 0.3) is 0 Å². The van der Waals surface area contributed by atoms with Gasteiger partial charge in [0.25, 0.3) is 11.8 Å². The van der Waals surface area contributed by atoms with Crippen LogP contribution in [-0.4, -0.2) is 57.7 Å². The second-order valence-corrected chi connectivity index (χ2v) is 9.84. The summed E-state index contributed by atoms with van der Waals surface area (Å²) >= 11 is 6.16. The van der Waals surface area contributed by atoms with Gasteiger partial charge in [0, 0.05) is 55.4 Å². The second-order valence-electron chi connectivity index (χ2n) is 9.40. The number of likely N-dealkylation sites (tertiary alicyclic amines) is 1. The van der Waals surface area contributed by atoms with Gasteiger partial charge in [-0.2, -0.15) is 5.10 Å². The molecule has 2 saturated heterocycles. The number of halogens is 1. The first kappa shape index (κ1) is 20.2. The molecule has 3 aromatic rings. The Hall–Kier alpha value is -3.39. The third-order valence-corrected chi connectivity index (χ3v) is 7.23. The van der Waals surface area contributed by atoms with E-state index < -0.39 is 0 Å². The fourth-order valence-corrected chi connectivity index (χ4v) is 5.53. The molecule has 0 bridgehead atoms. The van der Waals surface area contributed by atoms with Gasteiger partial charge in [0.05, 0.1) is 41.6 Å². The van der Waals surface area contributed by atoms with Gasteiger partial charge in [-0.3, -0.25) is 24.2 Å². The lowest BCUT2D eigenvalue weighted by Crippen LogP contribution is -2.73. The molecule has 1 atom stereocenters. The second kappa shape index (κ2) is 7.05. The van der Waals surface area contributed by atoms with Crippen LogP contribution in [0.5, 0.6) is 0 Å². The van der Waals surface area contributed by atoms with E-state index in [1.807, 2.05) is 37.2 Å². The summed E-state index contributed by atoms with van der Waals surface area (Å²) in [4.78, 5) is 36.0. The van der Waals surface area contributed by atoms with Crippen LogP contribution in [0, 0.1) is 5.41 Å². The summed E-state index contributed by atoms with van der Waals surface area (Å²) in [7, 11) is 1.81. The zero-order valence-electron chi connectivity index (χ0n) is 18.4. The number of benzene rings is 1. The number of carbonyl (C=O) groups is 2. The predicted molar refractivity (Wildman–Crippen MR) is 125 cm³/mol. The molecule has 0 aliphatic carbocycles. The van der Waals surface area contributed by atoms with Crippen molar-refractivity contribution in [2.24, 2.45) is 12.5 Å². The highest BCUT2D eigenvalue weighted by Gasteiger charge is 2.53. The molecule has 9 heteroatoms. The highest BCUT2D eigenvalue weighted by molar-refractivity contribution is 6.31. The molecule has 0 N–H and O–H groups in total. The standard InChI is InChI=1S/C24H23ClN6O2/c1-15-21-5-17(25)3-4-20(21)23(33)31(15)19-6-18(8-26-9-19)29-11-24(12-29)13-30(14-24)22(32)16-7-27-28(2)10-16/h3-10,15H,11-14H2,1-2H3. The fraction of sp³-hybridized carbons (Fsp3) is 0.333. The van der Waals surface area contributed by atoms with Crippen molar-refractivity contribution in [3.8, 4) is 0 Å². The molecule has 1 unspecified atom stereocenters. The first-order valence-corrected chi connectivity index (χ1v) is 11.3. The van der Waals surface area contributed by atoms with Crippen molar-refractivity contribution in [1.29, 1.82) is 0 Å². The molecule has 2 amide bonds. The van der Waals surface area contributed by atoms with Crippen LogP contribution in [0.3, 0.4) is 0 Å². The molecule has 1 aromatic carbocycles. The topological polar surface area (TPSA) is 74.6 Å². The SMILES string of the molecule is CC1c2cc(Cl)ccc2C(=O)N1c1cncc(N2CC3(CN(C(=O)c4cnn(C)c4)C3)C2)c1. The Morgan fingerprint density at radius 1 is 1.09 bits per heavy atom. The van der Waals surface area contributed by atoms with E-state index in [4.69, 9.17) is 11.6 Å². The Balaban J connectivity index is 1.14. The number of rotatable bonds is 3. The highest BCUT2D eigenvalue weighted by atomic mass is 35.5. The van der Waals surface area contributed by atoms with E-state index in [2.05, 4.69) is 15.0 Å². The molecule has 2 fully saturated rings. The van der Waals surface area contributed by atoms with E-state index >= 15 is 0 Å². The first-order chi connectivity index (χ1) is 15.8. The minimum atomic E-state index is -0.107. The summed E-state index contributed by atoms with van der Waals surface area (Å²) in [6.07, 6.45) is 6.94. The number of carbonyl (C=O) groups excluding carboxylic acids is 2. The maximum atomic E-state index is 13.1. The minimum Gasteiger partial charge on any atom is -0.369 e.